The second-order valence-corrected chi connectivity index (χ2v) is 4.77. The van der Waals surface area contributed by atoms with Gasteiger partial charge in [-0.2, -0.15) is 0 Å². The van der Waals surface area contributed by atoms with Gasteiger partial charge in [0.1, 0.15) is 5.82 Å². The third-order valence-corrected chi connectivity index (χ3v) is 3.14. The van der Waals surface area contributed by atoms with E-state index in [1.807, 2.05) is 0 Å². The molecule has 1 aliphatic rings. The van der Waals surface area contributed by atoms with E-state index in [1.165, 1.54) is 0 Å². The van der Waals surface area contributed by atoms with E-state index in [2.05, 4.69) is 16.9 Å². The largest absolute Gasteiger partial charge is 0.383 e. The first kappa shape index (κ1) is 9.73. The third kappa shape index (κ3) is 1.69. The summed E-state index contributed by atoms with van der Waals surface area (Å²) in [4.78, 5) is 8.45. The maximum Gasteiger partial charge on any atom is 0.189 e. The first-order valence-electron chi connectivity index (χ1n) is 4.70. The molecular formula is C9H14N4S. The quantitative estimate of drug-likeness (QED) is 0.577. The van der Waals surface area contributed by atoms with Gasteiger partial charge in [-0.3, -0.25) is 0 Å². The van der Waals surface area contributed by atoms with E-state index in [0.29, 0.717) is 5.82 Å². The molecule has 2 rings (SSSR count). The molecule has 76 valence electrons. The molecule has 1 aliphatic carbocycles. The van der Waals surface area contributed by atoms with Crippen LogP contribution in [0.1, 0.15) is 25.3 Å². The molecule has 0 unspecified atom stereocenters. The topological polar surface area (TPSA) is 77.8 Å². The second-order valence-electron chi connectivity index (χ2n) is 3.54. The maximum absolute atomic E-state index is 6.03. The van der Waals surface area contributed by atoms with Crippen LogP contribution < -0.4 is 11.5 Å². The number of nitrogens with zero attached hydrogens (tertiary/aromatic N) is 2. The zero-order valence-corrected chi connectivity index (χ0v) is 8.97. The van der Waals surface area contributed by atoms with Crippen LogP contribution in [0, 0.1) is 0 Å². The van der Waals surface area contributed by atoms with Crippen LogP contribution in [-0.4, -0.2) is 15.7 Å². The Labute approximate surface area is 87.5 Å². The number of aromatic nitrogens is 2. The SMILES string of the molecule is CCSc1ncc(C2(N)CC2)c(N)n1. The Morgan fingerprint density at radius 3 is 2.79 bits per heavy atom. The van der Waals surface area contributed by atoms with Gasteiger partial charge in [-0.15, -0.1) is 0 Å². The smallest absolute Gasteiger partial charge is 0.189 e. The maximum atomic E-state index is 6.03. The summed E-state index contributed by atoms with van der Waals surface area (Å²) in [7, 11) is 0. The molecule has 0 spiro atoms. The summed E-state index contributed by atoms with van der Waals surface area (Å²) in [5.41, 5.74) is 12.5. The summed E-state index contributed by atoms with van der Waals surface area (Å²) in [5, 5.41) is 0.734. The third-order valence-electron chi connectivity index (χ3n) is 2.39. The summed E-state index contributed by atoms with van der Waals surface area (Å²) in [6.07, 6.45) is 3.75. The molecule has 14 heavy (non-hydrogen) atoms. The van der Waals surface area contributed by atoms with Gasteiger partial charge in [-0.25, -0.2) is 9.97 Å². The number of nitrogen functional groups attached to an aromatic ring is 1. The Hall–Kier alpha value is -0.810. The van der Waals surface area contributed by atoms with Gasteiger partial charge < -0.3 is 11.5 Å². The Morgan fingerprint density at radius 1 is 1.57 bits per heavy atom. The van der Waals surface area contributed by atoms with Gasteiger partial charge in [-0.05, 0) is 18.6 Å². The van der Waals surface area contributed by atoms with E-state index >= 15 is 0 Å². The minimum Gasteiger partial charge on any atom is -0.383 e. The van der Waals surface area contributed by atoms with Gasteiger partial charge >= 0.3 is 0 Å². The van der Waals surface area contributed by atoms with Gasteiger partial charge in [0.25, 0.3) is 0 Å². The van der Waals surface area contributed by atoms with Gasteiger partial charge in [-0.1, -0.05) is 18.7 Å². The Bertz CT molecular complexity index is 349. The molecule has 1 saturated carbocycles. The minimum atomic E-state index is -0.237. The molecule has 0 saturated heterocycles. The van der Waals surface area contributed by atoms with E-state index in [1.54, 1.807) is 18.0 Å². The van der Waals surface area contributed by atoms with Crippen molar-refractivity contribution in [2.75, 3.05) is 11.5 Å². The van der Waals surface area contributed by atoms with Crippen molar-refractivity contribution < 1.29 is 0 Å². The second kappa shape index (κ2) is 3.40. The number of hydrogen-bond acceptors (Lipinski definition) is 5. The fraction of sp³-hybridized carbons (Fsp3) is 0.556. The van der Waals surface area contributed by atoms with Crippen molar-refractivity contribution in [3.63, 3.8) is 0 Å². The molecule has 4 nitrogen and oxygen atoms in total. The van der Waals surface area contributed by atoms with Crippen LogP contribution in [0.25, 0.3) is 0 Å². The number of hydrogen-bond donors (Lipinski definition) is 2. The summed E-state index contributed by atoms with van der Waals surface area (Å²) in [5.74, 6) is 1.49. The van der Waals surface area contributed by atoms with Crippen molar-refractivity contribution in [3.8, 4) is 0 Å². The highest BCUT2D eigenvalue weighted by atomic mass is 32.2. The molecule has 0 atom stereocenters. The number of rotatable bonds is 3. The van der Waals surface area contributed by atoms with Gasteiger partial charge in [0.15, 0.2) is 5.16 Å². The molecule has 1 aromatic heterocycles. The molecule has 1 aromatic rings. The van der Waals surface area contributed by atoms with Crippen LogP contribution in [-0.2, 0) is 5.54 Å². The highest BCUT2D eigenvalue weighted by Crippen LogP contribution is 2.44. The molecule has 0 radical (unpaired) electrons. The summed E-state index contributed by atoms with van der Waals surface area (Å²) < 4.78 is 0. The van der Waals surface area contributed by atoms with Crippen LogP contribution >= 0.6 is 11.8 Å². The molecule has 0 aliphatic heterocycles. The first-order chi connectivity index (χ1) is 6.65. The number of thioether (sulfide) groups is 1. The van der Waals surface area contributed by atoms with E-state index in [-0.39, 0.29) is 5.54 Å². The molecule has 1 heterocycles. The van der Waals surface area contributed by atoms with Gasteiger partial charge in [0.05, 0.1) is 0 Å². The van der Waals surface area contributed by atoms with E-state index < -0.39 is 0 Å². The minimum absolute atomic E-state index is 0.237. The van der Waals surface area contributed by atoms with E-state index in [4.69, 9.17) is 11.5 Å². The lowest BCUT2D eigenvalue weighted by molar-refractivity contribution is 0.723. The van der Waals surface area contributed by atoms with Crippen LogP contribution in [0.2, 0.25) is 0 Å². The van der Waals surface area contributed by atoms with Gasteiger partial charge in [0, 0.05) is 17.3 Å². The molecule has 1 fully saturated rings. The van der Waals surface area contributed by atoms with E-state index in [9.17, 15) is 0 Å². The standard InChI is InChI=1S/C9H14N4S/c1-2-14-8-12-5-6(7(10)13-8)9(11)3-4-9/h5H,2-4,11H2,1H3,(H2,10,12,13). The molecule has 4 N–H and O–H groups in total. The molecule has 0 aromatic carbocycles. The lowest BCUT2D eigenvalue weighted by Gasteiger charge is -2.11. The van der Waals surface area contributed by atoms with Crippen molar-refractivity contribution in [2.45, 2.75) is 30.5 Å². The predicted octanol–water partition coefficient (Wildman–Crippen LogP) is 1.12. The van der Waals surface area contributed by atoms with Crippen LogP contribution in [0.15, 0.2) is 11.4 Å². The normalized spacial score (nSPS) is 18.1. The van der Waals surface area contributed by atoms with Crippen molar-refractivity contribution in [1.82, 2.24) is 9.97 Å². The lowest BCUT2D eigenvalue weighted by Crippen LogP contribution is -2.21. The van der Waals surface area contributed by atoms with Crippen LogP contribution in [0.4, 0.5) is 5.82 Å². The summed E-state index contributed by atoms with van der Waals surface area (Å²) >= 11 is 1.59. The molecule has 0 amide bonds. The Balaban J connectivity index is 2.27. The molecule has 0 bridgehead atoms. The van der Waals surface area contributed by atoms with Crippen molar-refractivity contribution >= 4 is 17.6 Å². The number of anilines is 1. The Morgan fingerprint density at radius 2 is 2.29 bits per heavy atom. The zero-order valence-electron chi connectivity index (χ0n) is 8.16. The number of nitrogens with two attached hydrogens (primary N) is 2. The van der Waals surface area contributed by atoms with Crippen molar-refractivity contribution in [3.05, 3.63) is 11.8 Å². The lowest BCUT2D eigenvalue weighted by atomic mass is 10.1. The average molecular weight is 210 g/mol. The fourth-order valence-electron chi connectivity index (χ4n) is 1.36. The van der Waals surface area contributed by atoms with Gasteiger partial charge in [0.2, 0.25) is 0 Å². The first-order valence-corrected chi connectivity index (χ1v) is 5.69. The highest BCUT2D eigenvalue weighted by molar-refractivity contribution is 7.99. The molecular weight excluding hydrogens is 196 g/mol. The average Bonchev–Trinajstić information content (AvgIpc) is 2.85. The highest BCUT2D eigenvalue weighted by Gasteiger charge is 2.42. The van der Waals surface area contributed by atoms with Crippen molar-refractivity contribution in [2.24, 2.45) is 5.73 Å². The van der Waals surface area contributed by atoms with Crippen molar-refractivity contribution in [1.29, 1.82) is 0 Å². The van der Waals surface area contributed by atoms with Crippen LogP contribution in [0.3, 0.4) is 0 Å². The van der Waals surface area contributed by atoms with Crippen LogP contribution in [0.5, 0.6) is 0 Å². The summed E-state index contributed by atoms with van der Waals surface area (Å²) in [6.45, 7) is 2.06. The fourth-order valence-corrected chi connectivity index (χ4v) is 1.91. The monoisotopic (exact) mass is 210 g/mol. The summed E-state index contributed by atoms with van der Waals surface area (Å²) in [6, 6.07) is 0. The zero-order chi connectivity index (χ0) is 10.2. The van der Waals surface area contributed by atoms with E-state index in [0.717, 1.165) is 29.3 Å². The molecule has 5 heteroatoms. The predicted molar refractivity (Wildman–Crippen MR) is 57.9 cm³/mol. The Kier molecular flexibility index (Phi) is 2.36.